The Bertz CT molecular complexity index is 180. The van der Waals surface area contributed by atoms with E-state index in [9.17, 15) is 4.79 Å². The number of carbonyl (C=O) groups excluding carboxylic acids is 1. The van der Waals surface area contributed by atoms with Gasteiger partial charge in [0.15, 0.2) is 0 Å². The number of hydrogen-bond acceptors (Lipinski definition) is 2. The van der Waals surface area contributed by atoms with Gasteiger partial charge in [0.2, 0.25) is 5.91 Å². The smallest absolute Gasteiger partial charge is 0.219 e. The molecule has 1 amide bonds. The summed E-state index contributed by atoms with van der Waals surface area (Å²) in [5.41, 5.74) is 0. The normalized spacial score (nSPS) is 20.5. The average Bonchev–Trinajstić information content (AvgIpc) is 2.27. The Morgan fingerprint density at radius 1 is 1.15 bits per heavy atom. The lowest BCUT2D eigenvalue weighted by molar-refractivity contribution is -0.128. The maximum atomic E-state index is 11.1. The summed E-state index contributed by atoms with van der Waals surface area (Å²) in [5.74, 6) is 0.214. The molecule has 0 aromatic carbocycles. The van der Waals surface area contributed by atoms with E-state index in [1.54, 1.807) is 6.92 Å². The summed E-state index contributed by atoms with van der Waals surface area (Å²) in [6.45, 7) is 10.1. The van der Waals surface area contributed by atoms with Gasteiger partial charge in [-0.3, -0.25) is 9.69 Å². The molecule has 1 rings (SSSR count). The van der Waals surface area contributed by atoms with Crippen LogP contribution in [0.1, 0.15) is 27.2 Å². The van der Waals surface area contributed by atoms with Crippen LogP contribution in [-0.2, 0) is 4.79 Å². The van der Waals surface area contributed by atoms with E-state index in [1.165, 1.54) is 0 Å². The number of amides is 1. The van der Waals surface area contributed by atoms with Gasteiger partial charge in [-0.25, -0.2) is 0 Å². The lowest BCUT2D eigenvalue weighted by Gasteiger charge is -2.24. The average molecular weight is 184 g/mol. The molecule has 0 aromatic rings. The van der Waals surface area contributed by atoms with Crippen molar-refractivity contribution in [2.45, 2.75) is 33.2 Å². The fraction of sp³-hybridized carbons (Fsp3) is 0.900. The summed E-state index contributed by atoms with van der Waals surface area (Å²) in [4.78, 5) is 15.5. The summed E-state index contributed by atoms with van der Waals surface area (Å²) >= 11 is 0. The largest absolute Gasteiger partial charge is 0.342 e. The Morgan fingerprint density at radius 2 is 1.85 bits per heavy atom. The molecule has 1 heterocycles. The van der Waals surface area contributed by atoms with E-state index in [2.05, 4.69) is 18.7 Å². The van der Waals surface area contributed by atoms with E-state index in [-0.39, 0.29) is 5.91 Å². The number of hydrogen-bond donors (Lipinski definition) is 0. The quantitative estimate of drug-likeness (QED) is 0.606. The summed E-state index contributed by atoms with van der Waals surface area (Å²) < 4.78 is 0. The standard InChI is InChI=1S/C10H20N2O/c1-9(2)11-5-4-6-12(8-7-11)10(3)13/h9H,4-8H2,1-3H3. The molecule has 1 aliphatic rings. The van der Waals surface area contributed by atoms with Crippen LogP contribution in [0.2, 0.25) is 0 Å². The highest BCUT2D eigenvalue weighted by Gasteiger charge is 2.17. The molecule has 3 heteroatoms. The van der Waals surface area contributed by atoms with Gasteiger partial charge in [-0.2, -0.15) is 0 Å². The molecule has 0 aromatic heterocycles. The summed E-state index contributed by atoms with van der Waals surface area (Å²) in [6.07, 6.45) is 1.11. The van der Waals surface area contributed by atoms with Crippen molar-refractivity contribution in [1.29, 1.82) is 0 Å². The molecular weight excluding hydrogens is 164 g/mol. The summed E-state index contributed by atoms with van der Waals surface area (Å²) in [6, 6.07) is 0.604. The Kier molecular flexibility index (Phi) is 3.72. The zero-order valence-corrected chi connectivity index (χ0v) is 8.92. The third-order valence-electron chi connectivity index (χ3n) is 2.71. The zero-order chi connectivity index (χ0) is 9.84. The topological polar surface area (TPSA) is 23.6 Å². The van der Waals surface area contributed by atoms with E-state index in [0.29, 0.717) is 6.04 Å². The van der Waals surface area contributed by atoms with E-state index in [1.807, 2.05) is 4.90 Å². The molecule has 0 aliphatic carbocycles. The first-order chi connectivity index (χ1) is 6.11. The molecule has 1 saturated heterocycles. The first kappa shape index (κ1) is 10.5. The summed E-state index contributed by atoms with van der Waals surface area (Å²) in [7, 11) is 0. The van der Waals surface area contributed by atoms with Crippen molar-refractivity contribution in [3.8, 4) is 0 Å². The molecule has 0 N–H and O–H groups in total. The van der Waals surface area contributed by atoms with E-state index in [0.717, 1.165) is 32.6 Å². The van der Waals surface area contributed by atoms with Crippen LogP contribution in [0.15, 0.2) is 0 Å². The molecule has 0 bridgehead atoms. The van der Waals surface area contributed by atoms with Gasteiger partial charge in [0, 0.05) is 39.1 Å². The van der Waals surface area contributed by atoms with Gasteiger partial charge in [-0.15, -0.1) is 0 Å². The molecule has 0 atom stereocenters. The van der Waals surface area contributed by atoms with Gasteiger partial charge in [-0.05, 0) is 20.3 Å². The molecule has 76 valence electrons. The Morgan fingerprint density at radius 3 is 2.38 bits per heavy atom. The SMILES string of the molecule is CC(=O)N1CCCN(C(C)C)CC1. The van der Waals surface area contributed by atoms with Crippen LogP contribution in [0.25, 0.3) is 0 Å². The molecule has 0 saturated carbocycles. The third kappa shape index (κ3) is 2.99. The molecule has 0 spiro atoms. The molecule has 0 unspecified atom stereocenters. The first-order valence-electron chi connectivity index (χ1n) is 5.11. The Labute approximate surface area is 80.7 Å². The number of carbonyl (C=O) groups is 1. The lowest BCUT2D eigenvalue weighted by atomic mass is 10.3. The number of nitrogens with zero attached hydrogens (tertiary/aromatic N) is 2. The third-order valence-corrected chi connectivity index (χ3v) is 2.71. The van der Waals surface area contributed by atoms with Crippen LogP contribution < -0.4 is 0 Å². The van der Waals surface area contributed by atoms with Gasteiger partial charge >= 0.3 is 0 Å². The minimum atomic E-state index is 0.214. The minimum absolute atomic E-state index is 0.214. The number of rotatable bonds is 1. The second-order valence-corrected chi connectivity index (χ2v) is 3.99. The van der Waals surface area contributed by atoms with E-state index < -0.39 is 0 Å². The van der Waals surface area contributed by atoms with Crippen molar-refractivity contribution in [1.82, 2.24) is 9.80 Å². The second kappa shape index (κ2) is 4.61. The maximum Gasteiger partial charge on any atom is 0.219 e. The zero-order valence-electron chi connectivity index (χ0n) is 8.92. The van der Waals surface area contributed by atoms with Crippen molar-refractivity contribution >= 4 is 5.91 Å². The molecule has 0 radical (unpaired) electrons. The van der Waals surface area contributed by atoms with Crippen molar-refractivity contribution in [2.24, 2.45) is 0 Å². The van der Waals surface area contributed by atoms with Crippen molar-refractivity contribution in [3.05, 3.63) is 0 Å². The van der Waals surface area contributed by atoms with E-state index in [4.69, 9.17) is 0 Å². The molecule has 1 fully saturated rings. The molecule has 13 heavy (non-hydrogen) atoms. The first-order valence-corrected chi connectivity index (χ1v) is 5.11. The van der Waals surface area contributed by atoms with Gasteiger partial charge in [-0.1, -0.05) is 0 Å². The highest BCUT2D eigenvalue weighted by molar-refractivity contribution is 5.73. The van der Waals surface area contributed by atoms with Crippen LogP contribution >= 0.6 is 0 Å². The van der Waals surface area contributed by atoms with Crippen molar-refractivity contribution < 1.29 is 4.79 Å². The fourth-order valence-corrected chi connectivity index (χ4v) is 1.77. The van der Waals surface area contributed by atoms with Crippen LogP contribution in [0.5, 0.6) is 0 Å². The van der Waals surface area contributed by atoms with Crippen molar-refractivity contribution in [3.63, 3.8) is 0 Å². The van der Waals surface area contributed by atoms with Crippen LogP contribution in [0.3, 0.4) is 0 Å². The van der Waals surface area contributed by atoms with Crippen LogP contribution in [-0.4, -0.2) is 47.9 Å². The van der Waals surface area contributed by atoms with Crippen LogP contribution in [0, 0.1) is 0 Å². The molecular formula is C10H20N2O. The van der Waals surface area contributed by atoms with Crippen molar-refractivity contribution in [2.75, 3.05) is 26.2 Å². The van der Waals surface area contributed by atoms with E-state index >= 15 is 0 Å². The van der Waals surface area contributed by atoms with Gasteiger partial charge in [0.1, 0.15) is 0 Å². The Hall–Kier alpha value is -0.570. The predicted octanol–water partition coefficient (Wildman–Crippen LogP) is 0.949. The second-order valence-electron chi connectivity index (χ2n) is 3.99. The lowest BCUT2D eigenvalue weighted by Crippen LogP contribution is -2.36. The minimum Gasteiger partial charge on any atom is -0.342 e. The predicted molar refractivity (Wildman–Crippen MR) is 53.6 cm³/mol. The van der Waals surface area contributed by atoms with Gasteiger partial charge < -0.3 is 4.90 Å². The van der Waals surface area contributed by atoms with Gasteiger partial charge in [0.05, 0.1) is 0 Å². The highest BCUT2D eigenvalue weighted by Crippen LogP contribution is 2.06. The maximum absolute atomic E-state index is 11.1. The molecule has 1 aliphatic heterocycles. The Balaban J connectivity index is 2.44. The highest BCUT2D eigenvalue weighted by atomic mass is 16.2. The summed E-state index contributed by atoms with van der Waals surface area (Å²) in [5, 5.41) is 0. The fourth-order valence-electron chi connectivity index (χ4n) is 1.77. The monoisotopic (exact) mass is 184 g/mol. The molecule has 3 nitrogen and oxygen atoms in total. The van der Waals surface area contributed by atoms with Crippen LogP contribution in [0.4, 0.5) is 0 Å². The van der Waals surface area contributed by atoms with Gasteiger partial charge in [0.25, 0.3) is 0 Å².